The highest BCUT2D eigenvalue weighted by atomic mass is 16.7. The molecule has 6 atom stereocenters. The van der Waals surface area contributed by atoms with Crippen LogP contribution < -0.4 is 9.47 Å². The van der Waals surface area contributed by atoms with Gasteiger partial charge in [-0.2, -0.15) is 0 Å². The van der Waals surface area contributed by atoms with Crippen molar-refractivity contribution in [3.8, 4) is 11.5 Å². The van der Waals surface area contributed by atoms with Gasteiger partial charge >= 0.3 is 5.97 Å². The van der Waals surface area contributed by atoms with Crippen molar-refractivity contribution in [1.29, 1.82) is 0 Å². The predicted octanol–water partition coefficient (Wildman–Crippen LogP) is -0.133. The summed E-state index contributed by atoms with van der Waals surface area (Å²) in [6.45, 7) is 0.234. The van der Waals surface area contributed by atoms with Gasteiger partial charge in [0, 0.05) is 36.9 Å². The zero-order chi connectivity index (χ0) is 27.7. The van der Waals surface area contributed by atoms with Crippen molar-refractivity contribution in [2.24, 2.45) is 11.8 Å². The molecule has 0 radical (unpaired) electrons. The highest BCUT2D eigenvalue weighted by molar-refractivity contribution is 5.87. The van der Waals surface area contributed by atoms with Crippen LogP contribution in [0.15, 0.2) is 22.8 Å². The number of benzene rings is 1. The molecular weight excluding hydrogens is 504 g/mol. The van der Waals surface area contributed by atoms with Gasteiger partial charge in [-0.1, -0.05) is 0 Å². The normalized spacial score (nSPS) is 31.0. The molecule has 1 saturated carbocycles. The minimum Gasteiger partial charge on any atom is -0.490 e. The average molecular weight is 541 g/mol. The van der Waals surface area contributed by atoms with E-state index in [1.165, 1.54) is 13.4 Å². The van der Waals surface area contributed by atoms with Gasteiger partial charge in [-0.3, -0.25) is 4.79 Å². The third-order valence-corrected chi connectivity index (χ3v) is 7.85. The summed E-state index contributed by atoms with van der Waals surface area (Å²) in [5.74, 6) is -2.04. The summed E-state index contributed by atoms with van der Waals surface area (Å²) in [5, 5.41) is 64.9. The molecule has 2 aromatic rings. The molecule has 212 valence electrons. The summed E-state index contributed by atoms with van der Waals surface area (Å²) in [4.78, 5) is 12.1. The second-order valence-corrected chi connectivity index (χ2v) is 9.85. The number of aliphatic hydroxyl groups is 6. The van der Waals surface area contributed by atoms with E-state index in [0.717, 1.165) is 0 Å². The topological polar surface area (TPSA) is 189 Å². The van der Waals surface area contributed by atoms with E-state index in [4.69, 9.17) is 23.4 Å². The quantitative estimate of drug-likeness (QED) is 0.207. The number of furan rings is 1. The number of carbonyl (C=O) groups is 1. The summed E-state index contributed by atoms with van der Waals surface area (Å²) >= 11 is 0. The fraction of sp³-hybridized carbons (Fsp3) is 0.654. The number of hydrogen-bond donors (Lipinski definition) is 6. The van der Waals surface area contributed by atoms with Crippen LogP contribution in [0.5, 0.6) is 11.5 Å². The number of rotatable bonds is 11. The number of aryl methyl sites for hydroxylation is 1. The molecule has 2 aliphatic rings. The summed E-state index contributed by atoms with van der Waals surface area (Å²) in [6.07, 6.45) is -3.18. The van der Waals surface area contributed by atoms with Crippen molar-refractivity contribution < 1.29 is 58.8 Å². The van der Waals surface area contributed by atoms with Crippen LogP contribution in [-0.4, -0.2) is 99.8 Å². The molecular formula is C26H36O12. The van der Waals surface area contributed by atoms with Crippen LogP contribution in [0.1, 0.15) is 31.7 Å². The van der Waals surface area contributed by atoms with Gasteiger partial charge in [0.1, 0.15) is 17.8 Å². The van der Waals surface area contributed by atoms with E-state index in [1.807, 2.05) is 0 Å². The molecule has 2 bridgehead atoms. The second kappa shape index (κ2) is 11.3. The molecule has 1 aliphatic heterocycles. The highest BCUT2D eigenvalue weighted by Crippen LogP contribution is 2.52. The Hall–Kier alpha value is -2.45. The van der Waals surface area contributed by atoms with Crippen molar-refractivity contribution in [3.63, 3.8) is 0 Å². The van der Waals surface area contributed by atoms with Crippen LogP contribution in [0.2, 0.25) is 0 Å². The van der Waals surface area contributed by atoms with Gasteiger partial charge in [0.15, 0.2) is 16.9 Å². The number of esters is 1. The number of carbonyl (C=O) groups excluding carboxylic acids is 1. The summed E-state index contributed by atoms with van der Waals surface area (Å²) in [6, 6.07) is 3.43. The second-order valence-electron chi connectivity index (χ2n) is 9.85. The highest BCUT2D eigenvalue weighted by Gasteiger charge is 2.69. The molecule has 12 heteroatoms. The molecule has 12 nitrogen and oxygen atoms in total. The Labute approximate surface area is 219 Å². The maximum atomic E-state index is 12.1. The molecule has 2 heterocycles. The molecule has 1 aromatic carbocycles. The van der Waals surface area contributed by atoms with Crippen molar-refractivity contribution in [2.75, 3.05) is 33.5 Å². The van der Waals surface area contributed by atoms with Crippen LogP contribution in [-0.2, 0) is 20.7 Å². The number of methoxy groups -OCH3 is 1. The standard InChI is InChI=1S/C26H36O12/c1-3-35-19(30)5-4-14-10-15-7-9-36-20(15)22(34-2)21(14)38-24-26(33)17(16(11-27)12-28)6-8-25(32,23(26)31)18(13-29)37-24/h7,9-10,16-18,23-24,27-29,31-33H,3-6,8,11-13H2,1-2H3/t17-,18+,23-,24+,25+,26-/m0/s1. The zero-order valence-electron chi connectivity index (χ0n) is 21.4. The SMILES string of the molecule is CCOC(=O)CCc1cc2ccoc2c(OC)c1O[C@H]1O[C@H](CO)[C@]2(O)CC[C@@H](C(CO)CO)[C@]1(O)[C@H]2O. The first-order chi connectivity index (χ1) is 18.2. The van der Waals surface area contributed by atoms with Crippen molar-refractivity contribution in [3.05, 3.63) is 24.0 Å². The Balaban J connectivity index is 1.81. The molecule has 0 amide bonds. The molecule has 0 spiro atoms. The molecule has 6 N–H and O–H groups in total. The number of fused-ring (bicyclic) bond motifs is 3. The average Bonchev–Trinajstić information content (AvgIpc) is 3.37. The predicted molar refractivity (Wildman–Crippen MR) is 130 cm³/mol. The fourth-order valence-electron chi connectivity index (χ4n) is 5.82. The first-order valence-electron chi connectivity index (χ1n) is 12.7. The fourth-order valence-corrected chi connectivity index (χ4v) is 5.82. The van der Waals surface area contributed by atoms with E-state index in [-0.39, 0.29) is 43.8 Å². The Morgan fingerprint density at radius 3 is 2.58 bits per heavy atom. The van der Waals surface area contributed by atoms with Gasteiger partial charge in [-0.05, 0) is 43.9 Å². The van der Waals surface area contributed by atoms with Crippen molar-refractivity contribution in [1.82, 2.24) is 0 Å². The number of ether oxygens (including phenoxy) is 4. The lowest BCUT2D eigenvalue weighted by Crippen LogP contribution is -2.79. The van der Waals surface area contributed by atoms with Crippen LogP contribution >= 0.6 is 0 Å². The van der Waals surface area contributed by atoms with Gasteiger partial charge in [0.25, 0.3) is 0 Å². The molecule has 1 saturated heterocycles. The van der Waals surface area contributed by atoms with Crippen LogP contribution in [0, 0.1) is 11.8 Å². The van der Waals surface area contributed by atoms with Gasteiger partial charge in [0.2, 0.25) is 12.0 Å². The largest absolute Gasteiger partial charge is 0.490 e. The number of hydrogen-bond acceptors (Lipinski definition) is 12. The minimum absolute atomic E-state index is 0.00781. The molecule has 1 aliphatic carbocycles. The zero-order valence-corrected chi connectivity index (χ0v) is 21.4. The maximum Gasteiger partial charge on any atom is 0.306 e. The van der Waals surface area contributed by atoms with E-state index < -0.39 is 67.3 Å². The smallest absolute Gasteiger partial charge is 0.306 e. The first-order valence-corrected chi connectivity index (χ1v) is 12.7. The van der Waals surface area contributed by atoms with Gasteiger partial charge in [0.05, 0.1) is 26.6 Å². The van der Waals surface area contributed by atoms with E-state index >= 15 is 0 Å². The maximum absolute atomic E-state index is 12.1. The third-order valence-electron chi connectivity index (χ3n) is 7.85. The lowest BCUT2D eigenvalue weighted by Gasteiger charge is -2.60. The van der Waals surface area contributed by atoms with Gasteiger partial charge in [-0.15, -0.1) is 0 Å². The van der Waals surface area contributed by atoms with E-state index in [0.29, 0.717) is 16.5 Å². The van der Waals surface area contributed by atoms with Gasteiger partial charge < -0.3 is 54.0 Å². The first kappa shape index (κ1) is 28.6. The lowest BCUT2D eigenvalue weighted by molar-refractivity contribution is -0.384. The molecule has 2 fully saturated rings. The monoisotopic (exact) mass is 540 g/mol. The summed E-state index contributed by atoms with van der Waals surface area (Å²) in [5.41, 5.74) is -3.50. The molecule has 1 aromatic heterocycles. The molecule has 0 unspecified atom stereocenters. The van der Waals surface area contributed by atoms with E-state index in [9.17, 15) is 35.4 Å². The van der Waals surface area contributed by atoms with Crippen LogP contribution in [0.25, 0.3) is 11.0 Å². The van der Waals surface area contributed by atoms with E-state index in [2.05, 4.69) is 0 Å². The third kappa shape index (κ3) is 4.64. The molecule has 38 heavy (non-hydrogen) atoms. The summed E-state index contributed by atoms with van der Waals surface area (Å²) in [7, 11) is 1.39. The lowest BCUT2D eigenvalue weighted by atomic mass is 9.59. The Morgan fingerprint density at radius 2 is 1.95 bits per heavy atom. The minimum atomic E-state index is -2.31. The van der Waals surface area contributed by atoms with Gasteiger partial charge in [-0.25, -0.2) is 0 Å². The van der Waals surface area contributed by atoms with Crippen LogP contribution in [0.4, 0.5) is 0 Å². The Kier molecular flexibility index (Phi) is 8.52. The van der Waals surface area contributed by atoms with Crippen molar-refractivity contribution in [2.45, 2.75) is 62.3 Å². The van der Waals surface area contributed by atoms with E-state index in [1.54, 1.807) is 19.1 Å². The van der Waals surface area contributed by atoms with Crippen LogP contribution in [0.3, 0.4) is 0 Å². The Bertz CT molecular complexity index is 1110. The van der Waals surface area contributed by atoms with Crippen molar-refractivity contribution >= 4 is 16.9 Å². The Morgan fingerprint density at radius 1 is 1.21 bits per heavy atom. The summed E-state index contributed by atoms with van der Waals surface area (Å²) < 4.78 is 28.3. The molecule has 4 rings (SSSR count). The number of aliphatic hydroxyl groups excluding tert-OH is 4.